The van der Waals surface area contributed by atoms with E-state index in [1.807, 2.05) is 7.05 Å². The first-order valence-corrected chi connectivity index (χ1v) is 16.9. The largest absolute Gasteiger partial charge is 0.416 e. The summed E-state index contributed by atoms with van der Waals surface area (Å²) in [4.78, 5) is 47.3. The van der Waals surface area contributed by atoms with Crippen LogP contribution in [0.4, 0.5) is 19.0 Å². The first-order chi connectivity index (χ1) is 23.4. The van der Waals surface area contributed by atoms with Gasteiger partial charge in [-0.25, -0.2) is 4.68 Å². The third kappa shape index (κ3) is 6.91. The minimum Gasteiger partial charge on any atom is -0.381 e. The number of benzene rings is 1. The molecule has 1 saturated carbocycles. The zero-order valence-electron chi connectivity index (χ0n) is 27.9. The van der Waals surface area contributed by atoms with Gasteiger partial charge in [-0.1, -0.05) is 6.07 Å². The first-order valence-electron chi connectivity index (χ1n) is 16.9. The summed E-state index contributed by atoms with van der Waals surface area (Å²) in [6, 6.07) is 4.56. The normalized spacial score (nSPS) is 22.3. The lowest BCUT2D eigenvalue weighted by molar-refractivity contribution is -0.137. The Hall–Kier alpha value is -4.00. The predicted octanol–water partition coefficient (Wildman–Crippen LogP) is 3.60. The van der Waals surface area contributed by atoms with E-state index < -0.39 is 47.5 Å². The van der Waals surface area contributed by atoms with Crippen molar-refractivity contribution in [2.75, 3.05) is 58.5 Å². The number of nitriles is 1. The van der Waals surface area contributed by atoms with Gasteiger partial charge >= 0.3 is 6.18 Å². The molecule has 6 rings (SSSR count). The van der Waals surface area contributed by atoms with Gasteiger partial charge in [0.15, 0.2) is 5.69 Å². The maximum absolute atomic E-state index is 14.4. The molecule has 3 fully saturated rings. The summed E-state index contributed by atoms with van der Waals surface area (Å²) in [5.74, 6) is -1.92. The lowest BCUT2D eigenvalue weighted by Gasteiger charge is -2.39. The number of anilines is 1. The van der Waals surface area contributed by atoms with Crippen LogP contribution in [-0.4, -0.2) is 109 Å². The summed E-state index contributed by atoms with van der Waals surface area (Å²) in [7, 11) is 3.53. The fraction of sp³-hybridized carbons (Fsp3) is 0.618. The molecule has 1 aromatic heterocycles. The number of halogens is 3. The second kappa shape index (κ2) is 14.1. The van der Waals surface area contributed by atoms with E-state index in [9.17, 15) is 32.8 Å². The van der Waals surface area contributed by atoms with Gasteiger partial charge in [-0.2, -0.15) is 23.5 Å². The number of nitrogens with one attached hydrogen (secondary N) is 1. The number of hydrogen-bond donors (Lipinski definition) is 1. The third-order valence-corrected chi connectivity index (χ3v) is 10.3. The van der Waals surface area contributed by atoms with Crippen molar-refractivity contribution < 1.29 is 37.0 Å². The van der Waals surface area contributed by atoms with Crippen molar-refractivity contribution in [2.24, 2.45) is 5.92 Å². The highest BCUT2D eigenvalue weighted by Gasteiger charge is 2.52. The second-order valence-corrected chi connectivity index (χ2v) is 13.4. The molecule has 49 heavy (non-hydrogen) atoms. The van der Waals surface area contributed by atoms with Crippen molar-refractivity contribution in [3.63, 3.8) is 0 Å². The molecule has 3 aliphatic heterocycles. The van der Waals surface area contributed by atoms with Gasteiger partial charge in [0.05, 0.1) is 36.9 Å². The Morgan fingerprint density at radius 3 is 2.45 bits per heavy atom. The van der Waals surface area contributed by atoms with Crippen LogP contribution in [0, 0.1) is 17.2 Å². The van der Waals surface area contributed by atoms with Gasteiger partial charge in [0.25, 0.3) is 17.7 Å². The van der Waals surface area contributed by atoms with Gasteiger partial charge in [-0.3, -0.25) is 24.2 Å². The molecule has 0 radical (unpaired) electrons. The minimum absolute atomic E-state index is 0.0668. The van der Waals surface area contributed by atoms with Crippen molar-refractivity contribution >= 4 is 23.5 Å². The van der Waals surface area contributed by atoms with E-state index >= 15 is 0 Å². The molecule has 0 spiro atoms. The number of fused-ring (bicyclic) bond motifs is 1. The zero-order chi connectivity index (χ0) is 35.0. The smallest absolute Gasteiger partial charge is 0.381 e. The van der Waals surface area contributed by atoms with Crippen molar-refractivity contribution in [1.82, 2.24) is 24.9 Å². The van der Waals surface area contributed by atoms with Gasteiger partial charge in [0, 0.05) is 50.4 Å². The van der Waals surface area contributed by atoms with Crippen molar-refractivity contribution in [1.29, 1.82) is 5.26 Å². The number of rotatable bonds is 11. The molecule has 2 saturated heterocycles. The van der Waals surface area contributed by atoms with Crippen molar-refractivity contribution in [3.05, 3.63) is 46.6 Å². The number of carbonyl (C=O) groups excluding carboxylic acids is 3. The van der Waals surface area contributed by atoms with Crippen LogP contribution in [0.15, 0.2) is 24.3 Å². The average Bonchev–Trinajstić information content (AvgIpc) is 3.83. The van der Waals surface area contributed by atoms with Crippen LogP contribution >= 0.6 is 0 Å². The lowest BCUT2D eigenvalue weighted by Crippen LogP contribution is -2.56. The number of ether oxygens (including phenoxy) is 2. The predicted molar refractivity (Wildman–Crippen MR) is 171 cm³/mol. The summed E-state index contributed by atoms with van der Waals surface area (Å²) in [5, 5.41) is 17.8. The molecule has 3 amide bonds. The summed E-state index contributed by atoms with van der Waals surface area (Å²) < 4.78 is 53.1. The Balaban J connectivity index is 1.38. The summed E-state index contributed by atoms with van der Waals surface area (Å²) in [5.41, 5.74) is -0.553. The minimum atomic E-state index is -4.65. The third-order valence-electron chi connectivity index (χ3n) is 10.3. The second-order valence-electron chi connectivity index (χ2n) is 13.4. The SMILES string of the molecule is CCN1C(=O)[C@@H](NC(=O)c2cccc(C(F)(F)F)c2)[C@@H](C2CC2)c2c(C(=O)N(C)[C@H](C#N)CCN(C)C3COC3)nn(C3CCOCC3)c21. The molecule has 264 valence electrons. The number of nitrogens with zero attached hydrogens (tertiary/aromatic N) is 6. The highest BCUT2D eigenvalue weighted by molar-refractivity contribution is 6.07. The maximum Gasteiger partial charge on any atom is 0.416 e. The molecular formula is C34H42F3N7O5. The standard InChI is InChI=1S/C34H42F3N7O5/c1-4-43-31-27(26(20-8-9-20)28(33(43)47)39-30(45)21-6-5-7-22(16-21)34(35,36)37)29(40-44(31)23-11-14-48-15-12-23)32(46)42(3)24(17-38)10-13-41(2)25-18-49-19-25/h5-7,16,20,23-26,28H,4,8-15,18-19H2,1-3H3,(H,39,45)/t24-,26-,28-/m0/s1. The molecule has 0 bridgehead atoms. The average molecular weight is 686 g/mol. The Kier molecular flexibility index (Phi) is 10.0. The molecule has 1 aromatic carbocycles. The number of alkyl halides is 3. The van der Waals surface area contributed by atoms with Gasteiger partial charge in [0.1, 0.15) is 17.9 Å². The molecule has 12 nitrogen and oxygen atoms in total. The topological polar surface area (TPSA) is 133 Å². The number of likely N-dealkylation sites (N-methyl/N-ethyl adjacent to an activating group) is 2. The molecule has 1 aliphatic carbocycles. The van der Waals surface area contributed by atoms with E-state index in [4.69, 9.17) is 14.6 Å². The quantitative estimate of drug-likeness (QED) is 0.380. The van der Waals surface area contributed by atoms with E-state index in [1.54, 1.807) is 18.7 Å². The summed E-state index contributed by atoms with van der Waals surface area (Å²) >= 11 is 0. The van der Waals surface area contributed by atoms with Crippen LogP contribution in [0.5, 0.6) is 0 Å². The number of amides is 3. The molecule has 0 unspecified atom stereocenters. The maximum atomic E-state index is 14.4. The van der Waals surface area contributed by atoms with Gasteiger partial charge in [-0.15, -0.1) is 0 Å². The fourth-order valence-electron chi connectivity index (χ4n) is 7.07. The Morgan fingerprint density at radius 1 is 1.14 bits per heavy atom. The van der Waals surface area contributed by atoms with Crippen LogP contribution in [-0.2, 0) is 20.4 Å². The van der Waals surface area contributed by atoms with E-state index in [1.165, 1.54) is 15.9 Å². The highest BCUT2D eigenvalue weighted by atomic mass is 19.4. The summed E-state index contributed by atoms with van der Waals surface area (Å²) in [6.45, 7) is 4.79. The molecule has 15 heteroatoms. The highest BCUT2D eigenvalue weighted by Crippen LogP contribution is 2.52. The molecule has 4 aliphatic rings. The van der Waals surface area contributed by atoms with Gasteiger partial charge in [0.2, 0.25) is 0 Å². The van der Waals surface area contributed by atoms with E-state index in [0.29, 0.717) is 63.6 Å². The summed E-state index contributed by atoms with van der Waals surface area (Å²) in [6.07, 6.45) is -1.54. The zero-order valence-corrected chi connectivity index (χ0v) is 27.9. The van der Waals surface area contributed by atoms with Crippen molar-refractivity contribution in [2.45, 2.75) is 75.3 Å². The van der Waals surface area contributed by atoms with Crippen LogP contribution in [0.3, 0.4) is 0 Å². The number of carbonyl (C=O) groups is 3. The number of aromatic nitrogens is 2. The monoisotopic (exact) mass is 685 g/mol. The van der Waals surface area contributed by atoms with E-state index in [-0.39, 0.29) is 35.8 Å². The Morgan fingerprint density at radius 2 is 1.86 bits per heavy atom. The molecule has 4 heterocycles. The van der Waals surface area contributed by atoms with Crippen LogP contribution in [0.2, 0.25) is 0 Å². The van der Waals surface area contributed by atoms with Gasteiger partial charge < -0.3 is 19.7 Å². The lowest BCUT2D eigenvalue weighted by atomic mass is 9.82. The van der Waals surface area contributed by atoms with Crippen LogP contribution in [0.1, 0.15) is 83.0 Å². The van der Waals surface area contributed by atoms with E-state index in [0.717, 1.165) is 31.0 Å². The molecular weight excluding hydrogens is 643 g/mol. The van der Waals surface area contributed by atoms with Crippen molar-refractivity contribution in [3.8, 4) is 6.07 Å². The van der Waals surface area contributed by atoms with Crippen LogP contribution < -0.4 is 10.2 Å². The van der Waals surface area contributed by atoms with Crippen LogP contribution in [0.25, 0.3) is 0 Å². The molecule has 3 atom stereocenters. The molecule has 1 N–H and O–H groups in total. The number of hydrogen-bond acceptors (Lipinski definition) is 8. The van der Waals surface area contributed by atoms with E-state index in [2.05, 4.69) is 16.3 Å². The first kappa shape index (κ1) is 34.8. The van der Waals surface area contributed by atoms with Gasteiger partial charge in [-0.05, 0) is 70.2 Å². The Labute approximate surface area is 283 Å². The molecule has 2 aromatic rings. The fourth-order valence-corrected chi connectivity index (χ4v) is 7.07. The Bertz CT molecular complexity index is 1610.